The van der Waals surface area contributed by atoms with Gasteiger partial charge in [-0.2, -0.15) is 0 Å². The Morgan fingerprint density at radius 1 is 1.39 bits per heavy atom. The van der Waals surface area contributed by atoms with Gasteiger partial charge in [-0.3, -0.25) is 9.52 Å². The van der Waals surface area contributed by atoms with E-state index in [2.05, 4.69) is 19.7 Å². The number of sulfonamides is 1. The standard InChI is InChI=1S/C14H16N4O4S/c1-8-6-11-7-12(4-5-13(11)18(8)10(3)19)23(20,21)17-14-9(2)15-22-16-14/h4-5,7-8H,6H2,1-3H3,(H,16,17)/t8-/m1/s1. The van der Waals surface area contributed by atoms with Gasteiger partial charge in [-0.05, 0) is 49.2 Å². The van der Waals surface area contributed by atoms with Crippen LogP contribution in [0.5, 0.6) is 0 Å². The molecule has 122 valence electrons. The largest absolute Gasteiger partial charge is 0.309 e. The van der Waals surface area contributed by atoms with Gasteiger partial charge in [0, 0.05) is 18.7 Å². The van der Waals surface area contributed by atoms with E-state index in [1.165, 1.54) is 13.0 Å². The van der Waals surface area contributed by atoms with Crippen LogP contribution in [0.3, 0.4) is 0 Å². The minimum Gasteiger partial charge on any atom is -0.309 e. The number of amides is 1. The van der Waals surface area contributed by atoms with E-state index in [4.69, 9.17) is 0 Å². The molecule has 2 heterocycles. The molecule has 0 radical (unpaired) electrons. The maximum absolute atomic E-state index is 12.4. The molecule has 23 heavy (non-hydrogen) atoms. The van der Waals surface area contributed by atoms with Crippen molar-refractivity contribution < 1.29 is 17.8 Å². The van der Waals surface area contributed by atoms with Crippen molar-refractivity contribution in [2.45, 2.75) is 38.1 Å². The Kier molecular flexibility index (Phi) is 3.59. The predicted molar refractivity (Wildman–Crippen MR) is 82.6 cm³/mol. The molecule has 2 aromatic rings. The molecule has 1 atom stereocenters. The van der Waals surface area contributed by atoms with Crippen LogP contribution < -0.4 is 9.62 Å². The zero-order valence-electron chi connectivity index (χ0n) is 12.9. The van der Waals surface area contributed by atoms with Gasteiger partial charge in [0.1, 0.15) is 5.69 Å². The average molecular weight is 336 g/mol. The number of hydrogen-bond acceptors (Lipinski definition) is 6. The second kappa shape index (κ2) is 5.34. The Bertz CT molecular complexity index is 875. The minimum atomic E-state index is -3.80. The van der Waals surface area contributed by atoms with Gasteiger partial charge in [0.2, 0.25) is 11.7 Å². The molecule has 0 unspecified atom stereocenters. The van der Waals surface area contributed by atoms with E-state index in [9.17, 15) is 13.2 Å². The van der Waals surface area contributed by atoms with Crippen LogP contribution in [-0.4, -0.2) is 30.7 Å². The van der Waals surface area contributed by atoms with E-state index in [-0.39, 0.29) is 22.7 Å². The van der Waals surface area contributed by atoms with E-state index in [0.717, 1.165) is 11.3 Å². The number of nitrogens with one attached hydrogen (secondary N) is 1. The molecule has 0 fully saturated rings. The lowest BCUT2D eigenvalue weighted by Gasteiger charge is -2.20. The number of hydrogen-bond donors (Lipinski definition) is 1. The van der Waals surface area contributed by atoms with Crippen molar-refractivity contribution in [3.8, 4) is 0 Å². The molecule has 0 aliphatic carbocycles. The van der Waals surface area contributed by atoms with Gasteiger partial charge in [-0.25, -0.2) is 13.0 Å². The molecule has 0 saturated carbocycles. The van der Waals surface area contributed by atoms with Gasteiger partial charge >= 0.3 is 0 Å². The number of rotatable bonds is 3. The summed E-state index contributed by atoms with van der Waals surface area (Å²) in [7, 11) is -3.80. The van der Waals surface area contributed by atoms with Crippen LogP contribution in [0.15, 0.2) is 27.7 Å². The maximum Gasteiger partial charge on any atom is 0.263 e. The minimum absolute atomic E-state index is 0.00963. The molecule has 3 rings (SSSR count). The van der Waals surface area contributed by atoms with Crippen molar-refractivity contribution in [3.63, 3.8) is 0 Å². The zero-order chi connectivity index (χ0) is 16.8. The Labute approximate surface area is 133 Å². The highest BCUT2D eigenvalue weighted by Gasteiger charge is 2.30. The summed E-state index contributed by atoms with van der Waals surface area (Å²) < 4.78 is 31.7. The lowest BCUT2D eigenvalue weighted by Crippen LogP contribution is -2.33. The Hall–Kier alpha value is -2.42. The molecule has 1 N–H and O–H groups in total. The smallest absolute Gasteiger partial charge is 0.263 e. The quantitative estimate of drug-likeness (QED) is 0.910. The van der Waals surface area contributed by atoms with Crippen LogP contribution in [0.1, 0.15) is 25.1 Å². The van der Waals surface area contributed by atoms with E-state index in [0.29, 0.717) is 12.1 Å². The number of nitrogens with zero attached hydrogens (tertiary/aromatic N) is 3. The molecule has 0 bridgehead atoms. The van der Waals surface area contributed by atoms with Gasteiger partial charge in [0.05, 0.1) is 4.90 Å². The molecule has 1 aromatic carbocycles. The first-order valence-electron chi connectivity index (χ1n) is 7.04. The van der Waals surface area contributed by atoms with E-state index in [1.807, 2.05) is 6.92 Å². The van der Waals surface area contributed by atoms with Gasteiger partial charge in [-0.15, -0.1) is 0 Å². The van der Waals surface area contributed by atoms with E-state index >= 15 is 0 Å². The fourth-order valence-electron chi connectivity index (χ4n) is 2.76. The number of fused-ring (bicyclic) bond motifs is 1. The molecule has 1 aliphatic heterocycles. The van der Waals surface area contributed by atoms with Crippen molar-refractivity contribution in [2.75, 3.05) is 9.62 Å². The van der Waals surface area contributed by atoms with E-state index in [1.54, 1.807) is 24.0 Å². The lowest BCUT2D eigenvalue weighted by molar-refractivity contribution is -0.116. The van der Waals surface area contributed by atoms with Gasteiger partial charge in [0.15, 0.2) is 0 Å². The molecule has 0 spiro atoms. The van der Waals surface area contributed by atoms with Crippen molar-refractivity contribution in [3.05, 3.63) is 29.5 Å². The molecule has 1 aromatic heterocycles. The predicted octanol–water partition coefficient (Wildman–Crippen LogP) is 1.48. The van der Waals surface area contributed by atoms with Crippen LogP contribution in [-0.2, 0) is 21.2 Å². The highest BCUT2D eigenvalue weighted by molar-refractivity contribution is 7.92. The zero-order valence-corrected chi connectivity index (χ0v) is 13.7. The molecular weight excluding hydrogens is 320 g/mol. The number of anilines is 2. The van der Waals surface area contributed by atoms with Gasteiger partial charge in [0.25, 0.3) is 10.0 Å². The Balaban J connectivity index is 1.95. The summed E-state index contributed by atoms with van der Waals surface area (Å²) in [5.74, 6) is -0.00138. The Morgan fingerprint density at radius 2 is 2.13 bits per heavy atom. The van der Waals surface area contributed by atoms with Crippen LogP contribution in [0.2, 0.25) is 0 Å². The third kappa shape index (κ3) is 2.67. The Morgan fingerprint density at radius 3 is 2.74 bits per heavy atom. The summed E-state index contributed by atoms with van der Waals surface area (Å²) >= 11 is 0. The summed E-state index contributed by atoms with van der Waals surface area (Å²) in [6.45, 7) is 5.01. The molecule has 9 heteroatoms. The molecule has 1 aliphatic rings. The first kappa shape index (κ1) is 15.5. The second-order valence-electron chi connectivity index (χ2n) is 5.54. The number of carbonyl (C=O) groups is 1. The lowest BCUT2D eigenvalue weighted by atomic mass is 10.1. The molecule has 0 saturated heterocycles. The highest BCUT2D eigenvalue weighted by atomic mass is 32.2. The van der Waals surface area contributed by atoms with Crippen LogP contribution in [0.4, 0.5) is 11.5 Å². The molecule has 8 nitrogen and oxygen atoms in total. The fraction of sp³-hybridized carbons (Fsp3) is 0.357. The highest BCUT2D eigenvalue weighted by Crippen LogP contribution is 2.34. The summed E-state index contributed by atoms with van der Waals surface area (Å²) in [5, 5.41) is 7.05. The number of carbonyl (C=O) groups excluding carboxylic acids is 1. The monoisotopic (exact) mass is 336 g/mol. The van der Waals surface area contributed by atoms with Crippen molar-refractivity contribution in [2.24, 2.45) is 0 Å². The third-order valence-electron chi connectivity index (χ3n) is 3.80. The first-order valence-corrected chi connectivity index (χ1v) is 8.52. The first-order chi connectivity index (χ1) is 10.8. The van der Waals surface area contributed by atoms with Crippen LogP contribution in [0.25, 0.3) is 0 Å². The normalized spacial score (nSPS) is 17.2. The SMILES string of the molecule is CC(=O)N1c2ccc(S(=O)(=O)Nc3nonc3C)cc2C[C@H]1C. The van der Waals surface area contributed by atoms with Crippen LogP contribution in [0, 0.1) is 6.92 Å². The van der Waals surface area contributed by atoms with E-state index < -0.39 is 10.0 Å². The fourth-order valence-corrected chi connectivity index (χ4v) is 3.87. The van der Waals surface area contributed by atoms with Crippen molar-refractivity contribution in [1.82, 2.24) is 10.3 Å². The van der Waals surface area contributed by atoms with Crippen LogP contribution >= 0.6 is 0 Å². The summed E-state index contributed by atoms with van der Waals surface area (Å²) in [4.78, 5) is 13.5. The number of aryl methyl sites for hydroxylation is 1. The summed E-state index contributed by atoms with van der Waals surface area (Å²) in [5.41, 5.74) is 1.93. The van der Waals surface area contributed by atoms with Gasteiger partial charge in [-0.1, -0.05) is 5.16 Å². The third-order valence-corrected chi connectivity index (χ3v) is 5.14. The number of aromatic nitrogens is 2. The van der Waals surface area contributed by atoms with Crippen molar-refractivity contribution in [1.29, 1.82) is 0 Å². The maximum atomic E-state index is 12.4. The summed E-state index contributed by atoms with van der Waals surface area (Å²) in [6.07, 6.45) is 0.614. The summed E-state index contributed by atoms with van der Waals surface area (Å²) in [6, 6.07) is 4.72. The average Bonchev–Trinajstić information content (AvgIpc) is 3.00. The topological polar surface area (TPSA) is 105 Å². The molecule has 1 amide bonds. The molecular formula is C14H16N4O4S. The van der Waals surface area contributed by atoms with Gasteiger partial charge < -0.3 is 4.90 Å². The number of benzene rings is 1. The van der Waals surface area contributed by atoms with Crippen molar-refractivity contribution >= 4 is 27.4 Å². The second-order valence-corrected chi connectivity index (χ2v) is 7.22.